The van der Waals surface area contributed by atoms with E-state index in [1.807, 2.05) is 42.5 Å². The Morgan fingerprint density at radius 3 is 2.62 bits per heavy atom. The number of ether oxygens (including phenoxy) is 1. The number of hydrogen-bond donors (Lipinski definition) is 2. The third-order valence-corrected chi connectivity index (χ3v) is 3.07. The number of hydrazine groups is 1. The molecule has 4 heteroatoms. The molecule has 0 spiro atoms. The van der Waals surface area contributed by atoms with E-state index in [0.29, 0.717) is 24.3 Å². The molecular formula is C17H18N2O2. The van der Waals surface area contributed by atoms with Gasteiger partial charge in [-0.2, -0.15) is 0 Å². The first-order chi connectivity index (χ1) is 10.3. The van der Waals surface area contributed by atoms with Crippen molar-refractivity contribution in [3.8, 4) is 5.75 Å². The van der Waals surface area contributed by atoms with Crippen molar-refractivity contribution in [2.24, 2.45) is 5.84 Å². The van der Waals surface area contributed by atoms with Crippen LogP contribution in [0.4, 0.5) is 0 Å². The van der Waals surface area contributed by atoms with Crippen molar-refractivity contribution in [2.75, 3.05) is 0 Å². The second-order valence-corrected chi connectivity index (χ2v) is 4.53. The van der Waals surface area contributed by atoms with E-state index < -0.39 is 0 Å². The molecule has 0 fully saturated rings. The maximum Gasteiger partial charge on any atom is 0.269 e. The first kappa shape index (κ1) is 14.8. The summed E-state index contributed by atoms with van der Waals surface area (Å²) in [4.78, 5) is 12.0. The van der Waals surface area contributed by atoms with E-state index in [-0.39, 0.29) is 5.91 Å². The van der Waals surface area contributed by atoms with Crippen LogP contribution in [0.5, 0.6) is 5.75 Å². The molecule has 0 saturated carbocycles. The lowest BCUT2D eigenvalue weighted by molar-refractivity contribution is 0.0948. The Bertz CT molecular complexity index is 624. The average molecular weight is 282 g/mol. The van der Waals surface area contributed by atoms with Crippen LogP contribution in [-0.4, -0.2) is 5.91 Å². The van der Waals surface area contributed by atoms with Crippen LogP contribution >= 0.6 is 0 Å². The zero-order valence-electron chi connectivity index (χ0n) is 11.7. The van der Waals surface area contributed by atoms with Crippen molar-refractivity contribution < 1.29 is 9.53 Å². The molecule has 108 valence electrons. The zero-order valence-corrected chi connectivity index (χ0v) is 11.7. The molecule has 0 aliphatic heterocycles. The Labute approximate surface area is 124 Å². The summed E-state index contributed by atoms with van der Waals surface area (Å²) >= 11 is 0. The van der Waals surface area contributed by atoms with E-state index >= 15 is 0 Å². The minimum atomic E-state index is -0.365. The molecule has 21 heavy (non-hydrogen) atoms. The Kier molecular flexibility index (Phi) is 5.12. The summed E-state index contributed by atoms with van der Waals surface area (Å²) in [6.07, 6.45) is 2.31. The molecule has 0 bridgehead atoms. The molecule has 2 aromatic carbocycles. The summed E-state index contributed by atoms with van der Waals surface area (Å²) in [6.45, 7) is 4.09. The van der Waals surface area contributed by atoms with E-state index in [9.17, 15) is 4.79 Å². The number of carbonyl (C=O) groups is 1. The van der Waals surface area contributed by atoms with Crippen LogP contribution in [0, 0.1) is 0 Å². The second-order valence-electron chi connectivity index (χ2n) is 4.53. The molecule has 0 atom stereocenters. The van der Waals surface area contributed by atoms with E-state index in [0.717, 1.165) is 11.1 Å². The summed E-state index contributed by atoms with van der Waals surface area (Å²) < 4.78 is 5.78. The predicted octanol–water partition coefficient (Wildman–Crippen LogP) is 2.60. The van der Waals surface area contributed by atoms with Crippen molar-refractivity contribution in [2.45, 2.75) is 13.0 Å². The van der Waals surface area contributed by atoms with Gasteiger partial charge in [0.05, 0.1) is 5.56 Å². The number of amides is 1. The van der Waals surface area contributed by atoms with Crippen LogP contribution in [0.1, 0.15) is 21.5 Å². The maximum atomic E-state index is 12.0. The van der Waals surface area contributed by atoms with E-state index in [4.69, 9.17) is 10.6 Å². The molecule has 0 unspecified atom stereocenters. The van der Waals surface area contributed by atoms with Crippen LogP contribution in [0.2, 0.25) is 0 Å². The third kappa shape index (κ3) is 3.70. The van der Waals surface area contributed by atoms with Gasteiger partial charge in [0.1, 0.15) is 12.4 Å². The van der Waals surface area contributed by atoms with Crippen LogP contribution in [-0.2, 0) is 13.0 Å². The lowest BCUT2D eigenvalue weighted by Crippen LogP contribution is -2.31. The van der Waals surface area contributed by atoms with Gasteiger partial charge in [-0.05, 0) is 23.6 Å². The molecule has 4 nitrogen and oxygen atoms in total. The van der Waals surface area contributed by atoms with Gasteiger partial charge in [0.15, 0.2) is 0 Å². The Morgan fingerprint density at radius 1 is 1.19 bits per heavy atom. The van der Waals surface area contributed by atoms with E-state index in [1.54, 1.807) is 12.1 Å². The molecule has 0 heterocycles. The summed E-state index contributed by atoms with van der Waals surface area (Å²) in [5.74, 6) is 5.41. The van der Waals surface area contributed by atoms with Crippen LogP contribution in [0.15, 0.2) is 61.2 Å². The number of nitrogens with two attached hydrogens (primary N) is 1. The summed E-state index contributed by atoms with van der Waals surface area (Å²) in [6, 6.07) is 15.3. The SMILES string of the molecule is C=CCc1cccc(OCc2ccccc2)c1C(=O)NN. The number of nitrogens with one attached hydrogen (secondary N) is 1. The first-order valence-electron chi connectivity index (χ1n) is 6.66. The third-order valence-electron chi connectivity index (χ3n) is 3.07. The first-order valence-corrected chi connectivity index (χ1v) is 6.66. The van der Waals surface area contributed by atoms with Gasteiger partial charge >= 0.3 is 0 Å². The van der Waals surface area contributed by atoms with Gasteiger partial charge in [-0.25, -0.2) is 5.84 Å². The number of allylic oxidation sites excluding steroid dienone is 1. The molecule has 2 aromatic rings. The molecule has 0 aliphatic carbocycles. The maximum absolute atomic E-state index is 12.0. The highest BCUT2D eigenvalue weighted by molar-refractivity contribution is 5.98. The van der Waals surface area contributed by atoms with Gasteiger partial charge < -0.3 is 4.74 Å². The monoisotopic (exact) mass is 282 g/mol. The number of rotatable bonds is 6. The zero-order chi connectivity index (χ0) is 15.1. The quantitative estimate of drug-likeness (QED) is 0.370. The molecule has 0 saturated heterocycles. The topological polar surface area (TPSA) is 64.3 Å². The van der Waals surface area contributed by atoms with Gasteiger partial charge in [0, 0.05) is 0 Å². The fraction of sp³-hybridized carbons (Fsp3) is 0.118. The number of nitrogen functional groups attached to an aromatic ring is 1. The Balaban J connectivity index is 2.27. The molecule has 2 rings (SSSR count). The predicted molar refractivity (Wildman–Crippen MR) is 82.8 cm³/mol. The van der Waals surface area contributed by atoms with Gasteiger partial charge in [0.25, 0.3) is 5.91 Å². The fourth-order valence-electron chi connectivity index (χ4n) is 2.09. The van der Waals surface area contributed by atoms with Crippen LogP contribution in [0.3, 0.4) is 0 Å². The minimum Gasteiger partial charge on any atom is -0.488 e. The van der Waals surface area contributed by atoms with Crippen molar-refractivity contribution in [3.63, 3.8) is 0 Å². The van der Waals surface area contributed by atoms with Gasteiger partial charge in [-0.15, -0.1) is 6.58 Å². The lowest BCUT2D eigenvalue weighted by atomic mass is 10.0. The van der Waals surface area contributed by atoms with Crippen molar-refractivity contribution in [3.05, 3.63) is 77.9 Å². The number of benzene rings is 2. The smallest absolute Gasteiger partial charge is 0.269 e. The van der Waals surface area contributed by atoms with E-state index in [1.165, 1.54) is 0 Å². The fourth-order valence-corrected chi connectivity index (χ4v) is 2.09. The lowest BCUT2D eigenvalue weighted by Gasteiger charge is -2.14. The van der Waals surface area contributed by atoms with E-state index in [2.05, 4.69) is 12.0 Å². The highest BCUT2D eigenvalue weighted by Crippen LogP contribution is 2.24. The Hall–Kier alpha value is -2.59. The van der Waals surface area contributed by atoms with Crippen molar-refractivity contribution >= 4 is 5.91 Å². The molecule has 0 radical (unpaired) electrons. The molecule has 0 aromatic heterocycles. The Morgan fingerprint density at radius 2 is 1.95 bits per heavy atom. The molecular weight excluding hydrogens is 264 g/mol. The van der Waals surface area contributed by atoms with Gasteiger partial charge in [0.2, 0.25) is 0 Å². The molecule has 0 aliphatic rings. The average Bonchev–Trinajstić information content (AvgIpc) is 2.53. The van der Waals surface area contributed by atoms with Crippen LogP contribution < -0.4 is 16.0 Å². The van der Waals surface area contributed by atoms with Crippen LogP contribution in [0.25, 0.3) is 0 Å². The normalized spacial score (nSPS) is 9.95. The highest BCUT2D eigenvalue weighted by atomic mass is 16.5. The van der Waals surface area contributed by atoms with Crippen molar-refractivity contribution in [1.29, 1.82) is 0 Å². The van der Waals surface area contributed by atoms with Gasteiger partial charge in [-0.1, -0.05) is 48.5 Å². The number of hydrogen-bond acceptors (Lipinski definition) is 3. The standard InChI is InChI=1S/C17H18N2O2/c1-2-7-14-10-6-11-15(16(14)17(20)19-18)21-12-13-8-4-3-5-9-13/h2-6,8-11H,1,7,12,18H2,(H,19,20). The summed E-state index contributed by atoms with van der Waals surface area (Å²) in [7, 11) is 0. The largest absolute Gasteiger partial charge is 0.488 e. The highest BCUT2D eigenvalue weighted by Gasteiger charge is 2.16. The second kappa shape index (κ2) is 7.26. The number of carbonyl (C=O) groups excluding carboxylic acids is 1. The summed E-state index contributed by atoms with van der Waals surface area (Å²) in [5, 5.41) is 0. The van der Waals surface area contributed by atoms with Crippen molar-refractivity contribution in [1.82, 2.24) is 5.43 Å². The van der Waals surface area contributed by atoms with Gasteiger partial charge in [-0.3, -0.25) is 10.2 Å². The minimum absolute atomic E-state index is 0.365. The summed E-state index contributed by atoms with van der Waals surface area (Å²) in [5.41, 5.74) is 4.48. The molecule has 1 amide bonds. The molecule has 3 N–H and O–H groups in total.